The number of carbonyl (C=O) groups excluding carboxylic acids is 2. The summed E-state index contributed by atoms with van der Waals surface area (Å²) in [5, 5.41) is 2.99. The van der Waals surface area contributed by atoms with Crippen LogP contribution in [0.5, 0.6) is 17.2 Å². The first kappa shape index (κ1) is 35.2. The van der Waals surface area contributed by atoms with Gasteiger partial charge in [0.15, 0.2) is 11.5 Å². The first-order chi connectivity index (χ1) is 21.5. The first-order valence-electron chi connectivity index (χ1n) is 15.1. The lowest BCUT2D eigenvalue weighted by molar-refractivity contribution is -0.140. The Balaban J connectivity index is 2.11. The van der Waals surface area contributed by atoms with Crippen molar-refractivity contribution in [3.8, 4) is 17.2 Å². The topological polar surface area (TPSA) is 114 Å². The number of nitrogens with zero attached hydrogens (tertiary/aromatic N) is 2. The second kappa shape index (κ2) is 16.2. The van der Waals surface area contributed by atoms with Gasteiger partial charge in [-0.3, -0.25) is 13.9 Å². The average Bonchev–Trinajstić information content (AvgIpc) is 3.03. The normalized spacial score (nSPS) is 12.5. The lowest BCUT2D eigenvalue weighted by atomic mass is 10.1. The smallest absolute Gasteiger partial charge is 0.264 e. The average molecular weight is 640 g/mol. The number of sulfonamides is 1. The van der Waals surface area contributed by atoms with Gasteiger partial charge in [0.25, 0.3) is 10.0 Å². The summed E-state index contributed by atoms with van der Waals surface area (Å²) >= 11 is 0. The summed E-state index contributed by atoms with van der Waals surface area (Å²) in [5.41, 5.74) is 2.09. The van der Waals surface area contributed by atoms with E-state index in [-0.39, 0.29) is 34.8 Å². The minimum atomic E-state index is -4.31. The molecule has 0 spiro atoms. The van der Waals surface area contributed by atoms with Gasteiger partial charge in [-0.2, -0.15) is 0 Å². The Morgan fingerprint density at radius 3 is 2.16 bits per heavy atom. The van der Waals surface area contributed by atoms with Crippen LogP contribution in [0.2, 0.25) is 0 Å². The monoisotopic (exact) mass is 639 g/mol. The van der Waals surface area contributed by atoms with Gasteiger partial charge in [-0.25, -0.2) is 8.42 Å². The van der Waals surface area contributed by atoms with Crippen molar-refractivity contribution in [1.29, 1.82) is 0 Å². The molecule has 0 saturated heterocycles. The Kier molecular flexibility index (Phi) is 12.7. The number of rotatable bonds is 16. The summed E-state index contributed by atoms with van der Waals surface area (Å²) < 4.78 is 45.8. The third kappa shape index (κ3) is 8.91. The molecule has 0 aliphatic rings. The predicted molar refractivity (Wildman–Crippen MR) is 175 cm³/mol. The Hall–Kier alpha value is -4.25. The lowest BCUT2D eigenvalue weighted by Gasteiger charge is -2.34. The zero-order valence-corrected chi connectivity index (χ0v) is 28.0. The predicted octanol–water partition coefficient (Wildman–Crippen LogP) is 5.33. The Labute approximate surface area is 267 Å². The van der Waals surface area contributed by atoms with E-state index in [1.54, 1.807) is 24.3 Å². The maximum Gasteiger partial charge on any atom is 0.264 e. The molecule has 0 saturated carbocycles. The summed E-state index contributed by atoms with van der Waals surface area (Å²) in [7, 11) is -1.43. The minimum absolute atomic E-state index is 0.0892. The molecule has 1 N–H and O–H groups in total. The van der Waals surface area contributed by atoms with E-state index in [0.717, 1.165) is 21.9 Å². The third-order valence-electron chi connectivity index (χ3n) is 7.48. The van der Waals surface area contributed by atoms with E-state index in [2.05, 4.69) is 5.32 Å². The van der Waals surface area contributed by atoms with Crippen molar-refractivity contribution in [1.82, 2.24) is 10.2 Å². The summed E-state index contributed by atoms with van der Waals surface area (Å²) in [6.45, 7) is 9.52. The van der Waals surface area contributed by atoms with Gasteiger partial charge in [-0.15, -0.1) is 0 Å². The number of carbonyl (C=O) groups is 2. The molecule has 0 bridgehead atoms. The van der Waals surface area contributed by atoms with Crippen LogP contribution in [0, 0.1) is 6.92 Å². The quantitative estimate of drug-likeness (QED) is 0.225. The molecule has 0 heterocycles. The fourth-order valence-corrected chi connectivity index (χ4v) is 6.31. The third-order valence-corrected chi connectivity index (χ3v) is 9.25. The minimum Gasteiger partial charge on any atom is -0.494 e. The molecule has 10 nitrogen and oxygen atoms in total. The number of hydrogen-bond donors (Lipinski definition) is 1. The van der Waals surface area contributed by atoms with Crippen LogP contribution in [-0.4, -0.2) is 64.6 Å². The standard InChI is InChI=1S/C34H45N3O7S/c1-8-25(5)35-34(39)30(9-2)36(22-26-13-11-12-24(4)20-26)33(38)23-37(27-14-16-28(17-15-27)44-10-3)45(40,41)29-18-19-31(42-6)32(21-29)43-7/h11-21,25,30H,8-10,22-23H2,1-7H3,(H,35,39)/t25-,30-/m1/s1. The Morgan fingerprint density at radius 2 is 1.58 bits per heavy atom. The molecule has 0 aliphatic heterocycles. The van der Waals surface area contributed by atoms with Crippen LogP contribution in [0.3, 0.4) is 0 Å². The van der Waals surface area contributed by atoms with Gasteiger partial charge in [0, 0.05) is 18.7 Å². The number of amides is 2. The van der Waals surface area contributed by atoms with Gasteiger partial charge < -0.3 is 24.4 Å². The fraction of sp³-hybridized carbons (Fsp3) is 0.412. The van der Waals surface area contributed by atoms with Crippen LogP contribution in [-0.2, 0) is 26.2 Å². The van der Waals surface area contributed by atoms with Gasteiger partial charge in [-0.1, -0.05) is 43.7 Å². The molecular formula is C34H45N3O7S. The van der Waals surface area contributed by atoms with Crippen molar-refractivity contribution in [2.45, 2.75) is 71.0 Å². The molecule has 11 heteroatoms. The van der Waals surface area contributed by atoms with Crippen LogP contribution in [0.4, 0.5) is 5.69 Å². The largest absolute Gasteiger partial charge is 0.494 e. The molecule has 0 fully saturated rings. The lowest BCUT2D eigenvalue weighted by Crippen LogP contribution is -2.53. The van der Waals surface area contributed by atoms with Crippen LogP contribution >= 0.6 is 0 Å². The van der Waals surface area contributed by atoms with Crippen molar-refractivity contribution in [2.75, 3.05) is 31.7 Å². The van der Waals surface area contributed by atoms with E-state index in [1.165, 1.54) is 37.3 Å². The first-order valence-corrected chi connectivity index (χ1v) is 16.6. The summed E-state index contributed by atoms with van der Waals surface area (Å²) in [4.78, 5) is 29.2. The van der Waals surface area contributed by atoms with Crippen LogP contribution < -0.4 is 23.8 Å². The molecule has 2 atom stereocenters. The zero-order valence-electron chi connectivity index (χ0n) is 27.2. The van der Waals surface area contributed by atoms with Gasteiger partial charge in [0.05, 0.1) is 31.4 Å². The SMILES string of the molecule is CCOc1ccc(N(CC(=O)N(Cc2cccc(C)c2)[C@H](CC)C(=O)N[C@H](C)CC)S(=O)(=O)c2ccc(OC)c(OC)c2)cc1. The molecule has 3 aromatic rings. The van der Waals surface area contributed by atoms with Crippen molar-refractivity contribution in [2.24, 2.45) is 0 Å². The van der Waals surface area contributed by atoms with Gasteiger partial charge >= 0.3 is 0 Å². The number of methoxy groups -OCH3 is 2. The second-order valence-corrected chi connectivity index (χ2v) is 12.6. The van der Waals surface area contributed by atoms with Crippen molar-refractivity contribution < 1.29 is 32.2 Å². The maximum absolute atomic E-state index is 14.3. The molecule has 2 amide bonds. The van der Waals surface area contributed by atoms with Crippen LogP contribution in [0.25, 0.3) is 0 Å². The van der Waals surface area contributed by atoms with E-state index >= 15 is 0 Å². The molecule has 3 rings (SSSR count). The van der Waals surface area contributed by atoms with Gasteiger partial charge in [-0.05, 0) is 75.6 Å². The second-order valence-electron chi connectivity index (χ2n) is 10.7. The van der Waals surface area contributed by atoms with Crippen LogP contribution in [0.15, 0.2) is 71.6 Å². The van der Waals surface area contributed by atoms with E-state index in [4.69, 9.17) is 14.2 Å². The van der Waals surface area contributed by atoms with E-state index in [9.17, 15) is 18.0 Å². The number of ether oxygens (including phenoxy) is 3. The Bertz CT molecular complexity index is 1540. The number of anilines is 1. The maximum atomic E-state index is 14.3. The fourth-order valence-electron chi connectivity index (χ4n) is 4.88. The summed E-state index contributed by atoms with van der Waals surface area (Å²) in [5.74, 6) is 0.335. The molecular weight excluding hydrogens is 594 g/mol. The highest BCUT2D eigenvalue weighted by Gasteiger charge is 2.34. The number of benzene rings is 3. The summed E-state index contributed by atoms with van der Waals surface area (Å²) in [6, 6.07) is 17.5. The van der Waals surface area contributed by atoms with Crippen molar-refractivity contribution >= 4 is 27.5 Å². The molecule has 45 heavy (non-hydrogen) atoms. The van der Waals surface area contributed by atoms with Crippen molar-refractivity contribution in [3.05, 3.63) is 77.9 Å². The number of aryl methyl sites for hydroxylation is 1. The van der Waals surface area contributed by atoms with E-state index < -0.39 is 28.5 Å². The summed E-state index contributed by atoms with van der Waals surface area (Å²) in [6.07, 6.45) is 1.06. The molecule has 0 radical (unpaired) electrons. The number of hydrogen-bond acceptors (Lipinski definition) is 7. The highest BCUT2D eigenvalue weighted by atomic mass is 32.2. The van der Waals surface area contributed by atoms with Crippen LogP contribution in [0.1, 0.15) is 51.7 Å². The van der Waals surface area contributed by atoms with Gasteiger partial charge in [0.1, 0.15) is 18.3 Å². The van der Waals surface area contributed by atoms with E-state index in [0.29, 0.717) is 24.5 Å². The zero-order chi connectivity index (χ0) is 33.1. The molecule has 244 valence electrons. The molecule has 3 aromatic carbocycles. The highest BCUT2D eigenvalue weighted by Crippen LogP contribution is 2.33. The molecule has 0 aromatic heterocycles. The highest BCUT2D eigenvalue weighted by molar-refractivity contribution is 7.92. The Morgan fingerprint density at radius 1 is 0.889 bits per heavy atom. The number of nitrogens with one attached hydrogen (secondary N) is 1. The van der Waals surface area contributed by atoms with Crippen molar-refractivity contribution in [3.63, 3.8) is 0 Å². The van der Waals surface area contributed by atoms with E-state index in [1.807, 2.05) is 58.9 Å². The molecule has 0 unspecified atom stereocenters. The van der Waals surface area contributed by atoms with Gasteiger partial charge in [0.2, 0.25) is 11.8 Å². The molecule has 0 aliphatic carbocycles.